The van der Waals surface area contributed by atoms with E-state index in [2.05, 4.69) is 31.1 Å². The molecule has 1 aromatic heterocycles. The molecule has 0 radical (unpaired) electrons. The van der Waals surface area contributed by atoms with Crippen molar-refractivity contribution in [3.05, 3.63) is 36.3 Å². The molecule has 0 bridgehead atoms. The van der Waals surface area contributed by atoms with Crippen LogP contribution in [0.25, 0.3) is 10.9 Å². The molecule has 1 aliphatic carbocycles. The second kappa shape index (κ2) is 12.9. The van der Waals surface area contributed by atoms with Crippen molar-refractivity contribution in [2.75, 3.05) is 26.6 Å². The van der Waals surface area contributed by atoms with Gasteiger partial charge in [0, 0.05) is 24.2 Å². The molecule has 168 valence electrons. The van der Waals surface area contributed by atoms with E-state index in [-0.39, 0.29) is 30.5 Å². The van der Waals surface area contributed by atoms with Crippen molar-refractivity contribution in [2.24, 2.45) is 10.7 Å². The molecular weight excluding hydrogens is 398 g/mol. The predicted octanol–water partition coefficient (Wildman–Crippen LogP) is 1.09. The van der Waals surface area contributed by atoms with Crippen LogP contribution in [0.3, 0.4) is 0 Å². The number of aromatic nitrogens is 2. The van der Waals surface area contributed by atoms with Crippen LogP contribution < -0.4 is 21.8 Å². The molecule has 1 fully saturated rings. The number of hydrogen-bond acceptors (Lipinski definition) is 8. The molecule has 1 aromatic carbocycles. The molecule has 0 spiro atoms. The van der Waals surface area contributed by atoms with Gasteiger partial charge in [-0.15, -0.1) is 0 Å². The highest BCUT2D eigenvalue weighted by atomic mass is 16.6. The van der Waals surface area contributed by atoms with Crippen LogP contribution in [0.1, 0.15) is 42.7 Å². The molecule has 2 atom stereocenters. The molecule has 1 amide bonds. The molecule has 0 unspecified atom stereocenters. The molecule has 1 aliphatic rings. The van der Waals surface area contributed by atoms with Gasteiger partial charge in [0.05, 0.1) is 24.9 Å². The Kier molecular flexibility index (Phi) is 9.58. The van der Waals surface area contributed by atoms with Gasteiger partial charge < -0.3 is 15.8 Å². The highest BCUT2D eigenvalue weighted by molar-refractivity contribution is 5.92. The van der Waals surface area contributed by atoms with Crippen LogP contribution in [0.15, 0.2) is 35.5 Å². The van der Waals surface area contributed by atoms with Crippen LogP contribution in [0, 0.1) is 0 Å². The number of para-hydroxylation sites is 1. The van der Waals surface area contributed by atoms with Gasteiger partial charge in [0.15, 0.2) is 0 Å². The lowest BCUT2D eigenvalue weighted by atomic mass is 9.91. The first-order valence-electron chi connectivity index (χ1n) is 10.7. The maximum Gasteiger partial charge on any atom is 0.289 e. The SMILES string of the molecule is NCONC=N[C@@H]1CCCC[C@@H]1NCOCCCNC(=O)c1ncc2ccccc2n1. The summed E-state index contributed by atoms with van der Waals surface area (Å²) in [5.74, 6) is -0.101. The largest absolute Gasteiger partial charge is 0.366 e. The zero-order valence-electron chi connectivity index (χ0n) is 17.6. The van der Waals surface area contributed by atoms with Crippen molar-refractivity contribution in [3.63, 3.8) is 0 Å². The van der Waals surface area contributed by atoms with E-state index >= 15 is 0 Å². The molecule has 10 nitrogen and oxygen atoms in total. The summed E-state index contributed by atoms with van der Waals surface area (Å²) in [5, 5.41) is 7.16. The maximum atomic E-state index is 12.2. The summed E-state index contributed by atoms with van der Waals surface area (Å²) >= 11 is 0. The Balaban J connectivity index is 1.29. The smallest absolute Gasteiger partial charge is 0.289 e. The van der Waals surface area contributed by atoms with E-state index in [1.165, 1.54) is 12.8 Å². The number of nitrogens with zero attached hydrogens (tertiary/aromatic N) is 3. The summed E-state index contributed by atoms with van der Waals surface area (Å²) in [7, 11) is 0. The molecule has 0 saturated heterocycles. The Morgan fingerprint density at radius 3 is 3.06 bits per heavy atom. The van der Waals surface area contributed by atoms with Gasteiger partial charge in [0.2, 0.25) is 5.82 Å². The number of carbonyl (C=O) groups excluding carboxylic acids is 1. The lowest BCUT2D eigenvalue weighted by Crippen LogP contribution is -2.42. The molecule has 5 N–H and O–H groups in total. The van der Waals surface area contributed by atoms with E-state index in [4.69, 9.17) is 15.3 Å². The fourth-order valence-corrected chi connectivity index (χ4v) is 3.51. The molecule has 1 heterocycles. The Labute approximate surface area is 182 Å². The fourth-order valence-electron chi connectivity index (χ4n) is 3.51. The number of fused-ring (bicyclic) bond motifs is 1. The highest BCUT2D eigenvalue weighted by Crippen LogP contribution is 2.21. The third-order valence-electron chi connectivity index (χ3n) is 5.11. The maximum absolute atomic E-state index is 12.2. The first-order chi connectivity index (χ1) is 15.3. The van der Waals surface area contributed by atoms with E-state index in [9.17, 15) is 4.79 Å². The van der Waals surface area contributed by atoms with Crippen molar-refractivity contribution in [3.8, 4) is 0 Å². The second-order valence-electron chi connectivity index (χ2n) is 7.28. The average molecular weight is 430 g/mol. The summed E-state index contributed by atoms with van der Waals surface area (Å²) in [4.78, 5) is 30.0. The summed E-state index contributed by atoms with van der Waals surface area (Å²) < 4.78 is 5.67. The molecule has 31 heavy (non-hydrogen) atoms. The van der Waals surface area contributed by atoms with Gasteiger partial charge in [-0.2, -0.15) is 0 Å². The van der Waals surface area contributed by atoms with Gasteiger partial charge in [-0.1, -0.05) is 31.0 Å². The predicted molar refractivity (Wildman–Crippen MR) is 118 cm³/mol. The number of rotatable bonds is 12. The van der Waals surface area contributed by atoms with Crippen LogP contribution in [0.5, 0.6) is 0 Å². The Hall–Kier alpha value is -2.66. The minimum Gasteiger partial charge on any atom is -0.366 e. The normalized spacial score (nSPS) is 19.0. The number of nitrogens with one attached hydrogen (secondary N) is 3. The van der Waals surface area contributed by atoms with Crippen LogP contribution in [0.4, 0.5) is 0 Å². The minimum atomic E-state index is -0.279. The van der Waals surface area contributed by atoms with Crippen LogP contribution in [-0.2, 0) is 9.57 Å². The number of nitrogens with two attached hydrogens (primary N) is 1. The zero-order valence-corrected chi connectivity index (χ0v) is 17.6. The van der Waals surface area contributed by atoms with Crippen LogP contribution >= 0.6 is 0 Å². The average Bonchev–Trinajstić information content (AvgIpc) is 2.81. The van der Waals surface area contributed by atoms with Gasteiger partial charge in [-0.25, -0.2) is 9.97 Å². The molecule has 0 aliphatic heterocycles. The standard InChI is InChI=1S/C21H31N7O3/c22-13-31-27-14-25-18-8-3-4-9-19(18)26-15-30-11-5-10-23-21(29)20-24-12-16-6-1-2-7-17(16)28-20/h1-2,6-7,12,14,18-19,26H,3-5,8-11,13,15,22H2,(H,23,29)(H,25,27)/t18-,19+/m1/s1. The van der Waals surface area contributed by atoms with Gasteiger partial charge in [0.1, 0.15) is 13.1 Å². The lowest BCUT2D eigenvalue weighted by Gasteiger charge is -2.29. The summed E-state index contributed by atoms with van der Waals surface area (Å²) in [6.07, 6.45) is 8.36. The minimum absolute atomic E-state index is 0.0991. The number of amides is 1. The quantitative estimate of drug-likeness (QED) is 0.129. The van der Waals surface area contributed by atoms with Crippen molar-refractivity contribution >= 4 is 23.1 Å². The van der Waals surface area contributed by atoms with Crippen LogP contribution in [0.2, 0.25) is 0 Å². The number of aliphatic imine (C=N–C) groups is 1. The second-order valence-corrected chi connectivity index (χ2v) is 7.28. The number of benzene rings is 1. The third kappa shape index (κ3) is 7.51. The molecule has 3 rings (SSSR count). The first-order valence-corrected chi connectivity index (χ1v) is 10.7. The molecular formula is C21H31N7O3. The Bertz CT molecular complexity index is 849. The van der Waals surface area contributed by atoms with Crippen LogP contribution in [-0.4, -0.2) is 60.9 Å². The van der Waals surface area contributed by atoms with Crippen molar-refractivity contribution in [1.29, 1.82) is 0 Å². The number of hydroxylamine groups is 1. The van der Waals surface area contributed by atoms with Gasteiger partial charge in [0.25, 0.3) is 5.91 Å². The number of ether oxygens (including phenoxy) is 1. The van der Waals surface area contributed by atoms with E-state index in [1.807, 2.05) is 24.3 Å². The molecule has 10 heteroatoms. The van der Waals surface area contributed by atoms with Crippen molar-refractivity contribution in [2.45, 2.75) is 44.2 Å². The van der Waals surface area contributed by atoms with Gasteiger partial charge in [-0.3, -0.25) is 25.4 Å². The van der Waals surface area contributed by atoms with Gasteiger partial charge >= 0.3 is 0 Å². The zero-order chi connectivity index (χ0) is 21.7. The molecule has 1 saturated carbocycles. The highest BCUT2D eigenvalue weighted by Gasteiger charge is 2.23. The van der Waals surface area contributed by atoms with Gasteiger partial charge in [-0.05, 0) is 25.3 Å². The summed E-state index contributed by atoms with van der Waals surface area (Å²) in [5.41, 5.74) is 8.61. The fraction of sp³-hybridized carbons (Fsp3) is 0.524. The van der Waals surface area contributed by atoms with E-state index in [0.29, 0.717) is 26.3 Å². The first kappa shape index (κ1) is 23.0. The number of hydrogen-bond donors (Lipinski definition) is 4. The van der Waals surface area contributed by atoms with E-state index < -0.39 is 0 Å². The Morgan fingerprint density at radius 2 is 2.16 bits per heavy atom. The lowest BCUT2D eigenvalue weighted by molar-refractivity contribution is 0.0891. The Morgan fingerprint density at radius 1 is 1.29 bits per heavy atom. The topological polar surface area (TPSA) is 136 Å². The molecule has 2 aromatic rings. The van der Waals surface area contributed by atoms with Crippen molar-refractivity contribution < 1.29 is 14.4 Å². The van der Waals surface area contributed by atoms with E-state index in [0.717, 1.165) is 23.7 Å². The summed E-state index contributed by atoms with van der Waals surface area (Å²) in [6, 6.07) is 8.04. The van der Waals surface area contributed by atoms with Crippen molar-refractivity contribution in [1.82, 2.24) is 26.1 Å². The number of carbonyl (C=O) groups is 1. The monoisotopic (exact) mass is 429 g/mol. The summed E-state index contributed by atoms with van der Waals surface area (Å²) in [6.45, 7) is 1.59. The van der Waals surface area contributed by atoms with E-state index in [1.54, 1.807) is 12.5 Å². The third-order valence-corrected chi connectivity index (χ3v) is 5.11.